The third kappa shape index (κ3) is 4.11. The van der Waals surface area contributed by atoms with Gasteiger partial charge in [0, 0.05) is 23.9 Å². The van der Waals surface area contributed by atoms with Gasteiger partial charge >= 0.3 is 0 Å². The highest BCUT2D eigenvalue weighted by Crippen LogP contribution is 2.23. The molecule has 1 aromatic rings. The Balaban J connectivity index is 0.000000487. The van der Waals surface area contributed by atoms with Crippen LogP contribution in [-0.2, 0) is 13.2 Å². The number of aliphatic hydroxyl groups excluding tert-OH is 3. The van der Waals surface area contributed by atoms with Crippen molar-refractivity contribution in [2.45, 2.75) is 20.1 Å². The second-order valence-corrected chi connectivity index (χ2v) is 3.02. The molecule has 0 fully saturated rings. The molecular weight excluding hydrogens is 212 g/mol. The summed E-state index contributed by atoms with van der Waals surface area (Å²) in [5, 5.41) is 34.8. The van der Waals surface area contributed by atoms with Crippen molar-refractivity contribution in [3.8, 4) is 5.75 Å². The molecule has 0 bridgehead atoms. The number of aryl methyl sites for hydroxylation is 1. The lowest BCUT2D eigenvalue weighted by molar-refractivity contribution is 0.254. The van der Waals surface area contributed by atoms with E-state index in [1.165, 1.54) is 6.20 Å². The second kappa shape index (κ2) is 8.00. The van der Waals surface area contributed by atoms with Crippen molar-refractivity contribution in [1.82, 2.24) is 4.98 Å². The van der Waals surface area contributed by atoms with Crippen LogP contribution in [0.25, 0.3) is 0 Å². The zero-order valence-electron chi connectivity index (χ0n) is 9.22. The van der Waals surface area contributed by atoms with Crippen molar-refractivity contribution in [2.24, 2.45) is 5.73 Å². The van der Waals surface area contributed by atoms with Gasteiger partial charge < -0.3 is 26.2 Å². The maximum atomic E-state index is 9.38. The minimum Gasteiger partial charge on any atom is -0.506 e. The van der Waals surface area contributed by atoms with Gasteiger partial charge in [0.15, 0.2) is 0 Å². The fourth-order valence-electron chi connectivity index (χ4n) is 0.997. The summed E-state index contributed by atoms with van der Waals surface area (Å²) in [6, 6.07) is 0. The highest BCUT2D eigenvalue weighted by Gasteiger charge is 2.09. The topological polar surface area (TPSA) is 120 Å². The third-order valence-electron chi connectivity index (χ3n) is 1.89. The summed E-state index contributed by atoms with van der Waals surface area (Å²) in [7, 11) is 0. The van der Waals surface area contributed by atoms with E-state index in [0.717, 1.165) is 0 Å². The number of aromatic nitrogens is 1. The molecule has 0 unspecified atom stereocenters. The molecule has 0 aliphatic rings. The van der Waals surface area contributed by atoms with Crippen LogP contribution in [0.5, 0.6) is 5.75 Å². The van der Waals surface area contributed by atoms with Crippen LogP contribution in [0.1, 0.15) is 16.8 Å². The van der Waals surface area contributed by atoms with Crippen LogP contribution in [0.15, 0.2) is 6.20 Å². The van der Waals surface area contributed by atoms with E-state index in [-0.39, 0.29) is 25.6 Å². The molecular formula is C10H18N2O4. The van der Waals surface area contributed by atoms with Gasteiger partial charge in [0.1, 0.15) is 5.75 Å². The molecule has 0 amide bonds. The first kappa shape index (κ1) is 14.8. The summed E-state index contributed by atoms with van der Waals surface area (Å²) in [5.74, 6) is -0.0379. The molecule has 0 radical (unpaired) electrons. The lowest BCUT2D eigenvalue weighted by Gasteiger charge is -2.07. The summed E-state index contributed by atoms with van der Waals surface area (Å²) in [6.45, 7) is 1.59. The summed E-state index contributed by atoms with van der Waals surface area (Å²) < 4.78 is 0. The van der Waals surface area contributed by atoms with Crippen molar-refractivity contribution in [3.63, 3.8) is 0 Å². The quantitative estimate of drug-likeness (QED) is 0.455. The molecule has 0 aromatic carbocycles. The van der Waals surface area contributed by atoms with Crippen molar-refractivity contribution in [2.75, 3.05) is 13.2 Å². The van der Waals surface area contributed by atoms with Gasteiger partial charge in [-0.2, -0.15) is 0 Å². The smallest absolute Gasteiger partial charge is 0.142 e. The van der Waals surface area contributed by atoms with E-state index in [1.807, 2.05) is 0 Å². The number of nitrogens with zero attached hydrogens (tertiary/aromatic N) is 1. The van der Waals surface area contributed by atoms with Crippen molar-refractivity contribution in [3.05, 3.63) is 23.0 Å². The van der Waals surface area contributed by atoms with Crippen LogP contribution in [-0.4, -0.2) is 38.6 Å². The Kier molecular flexibility index (Phi) is 7.40. The van der Waals surface area contributed by atoms with Gasteiger partial charge in [-0.25, -0.2) is 0 Å². The molecule has 1 rings (SSSR count). The largest absolute Gasteiger partial charge is 0.506 e. The number of pyridine rings is 1. The molecule has 6 heteroatoms. The van der Waals surface area contributed by atoms with Gasteiger partial charge in [-0.3, -0.25) is 4.98 Å². The molecule has 6 N–H and O–H groups in total. The Morgan fingerprint density at radius 3 is 2.19 bits per heavy atom. The summed E-state index contributed by atoms with van der Waals surface area (Å²) in [6.07, 6.45) is 1.45. The minimum absolute atomic E-state index is 0.0379. The number of rotatable bonds is 3. The van der Waals surface area contributed by atoms with Crippen molar-refractivity contribution in [1.29, 1.82) is 0 Å². The zero-order valence-corrected chi connectivity index (χ0v) is 9.22. The fourth-order valence-corrected chi connectivity index (χ4v) is 0.997. The van der Waals surface area contributed by atoms with Gasteiger partial charge in [-0.05, 0) is 6.92 Å². The van der Waals surface area contributed by atoms with E-state index in [4.69, 9.17) is 21.1 Å². The Hall–Kier alpha value is -1.21. The average molecular weight is 230 g/mol. The molecule has 92 valence electrons. The Morgan fingerprint density at radius 1 is 1.25 bits per heavy atom. The van der Waals surface area contributed by atoms with Crippen LogP contribution < -0.4 is 5.73 Å². The summed E-state index contributed by atoms with van der Waals surface area (Å²) in [4.78, 5) is 3.84. The normalized spacial score (nSPS) is 9.56. The van der Waals surface area contributed by atoms with Gasteiger partial charge in [0.25, 0.3) is 0 Å². The molecule has 0 saturated carbocycles. The number of hydrogen-bond acceptors (Lipinski definition) is 6. The highest BCUT2D eigenvalue weighted by atomic mass is 16.3. The first-order valence-electron chi connectivity index (χ1n) is 4.81. The first-order chi connectivity index (χ1) is 7.62. The van der Waals surface area contributed by atoms with E-state index in [1.54, 1.807) is 6.92 Å². The van der Waals surface area contributed by atoms with Gasteiger partial charge in [0.2, 0.25) is 0 Å². The maximum Gasteiger partial charge on any atom is 0.142 e. The van der Waals surface area contributed by atoms with Crippen LogP contribution in [0.4, 0.5) is 0 Å². The molecule has 0 atom stereocenters. The molecule has 1 heterocycles. The average Bonchev–Trinajstić information content (AvgIpc) is 2.32. The van der Waals surface area contributed by atoms with Crippen molar-refractivity contribution < 1.29 is 20.4 Å². The molecule has 0 saturated heterocycles. The lowest BCUT2D eigenvalue weighted by Crippen LogP contribution is -2.02. The monoisotopic (exact) mass is 230 g/mol. The van der Waals surface area contributed by atoms with Crippen LogP contribution in [0.2, 0.25) is 0 Å². The van der Waals surface area contributed by atoms with Gasteiger partial charge in [-0.1, -0.05) is 0 Å². The second-order valence-electron chi connectivity index (χ2n) is 3.02. The molecule has 0 spiro atoms. The minimum atomic E-state index is -0.287. The number of aliphatic hydroxyl groups is 3. The van der Waals surface area contributed by atoms with Gasteiger partial charge in [-0.15, -0.1) is 0 Å². The molecule has 0 aliphatic carbocycles. The first-order valence-corrected chi connectivity index (χ1v) is 4.81. The van der Waals surface area contributed by atoms with E-state index in [9.17, 15) is 5.11 Å². The SMILES string of the molecule is Cc1ncc(CO)c(CO)c1O.NCCO. The maximum absolute atomic E-state index is 9.38. The summed E-state index contributed by atoms with van der Waals surface area (Å²) >= 11 is 0. The van der Waals surface area contributed by atoms with Crippen LogP contribution >= 0.6 is 0 Å². The molecule has 6 nitrogen and oxygen atoms in total. The van der Waals surface area contributed by atoms with E-state index < -0.39 is 0 Å². The van der Waals surface area contributed by atoms with Crippen LogP contribution in [0, 0.1) is 6.92 Å². The standard InChI is InChI=1S/C8H11NO3.C2H7NO/c1-5-8(12)7(4-11)6(3-10)2-9-5;3-1-2-4/h2,10-12H,3-4H2,1H3;4H,1-3H2. The Morgan fingerprint density at radius 2 is 1.81 bits per heavy atom. The fraction of sp³-hybridized carbons (Fsp3) is 0.500. The Labute approximate surface area is 94.0 Å². The number of aromatic hydroxyl groups is 1. The molecule has 1 aromatic heterocycles. The molecule has 0 aliphatic heterocycles. The highest BCUT2D eigenvalue weighted by molar-refractivity contribution is 5.39. The molecule has 16 heavy (non-hydrogen) atoms. The Bertz CT molecular complexity index is 316. The predicted molar refractivity (Wildman–Crippen MR) is 58.6 cm³/mol. The van der Waals surface area contributed by atoms with E-state index in [0.29, 0.717) is 23.4 Å². The van der Waals surface area contributed by atoms with E-state index in [2.05, 4.69) is 4.98 Å². The number of hydrogen-bond donors (Lipinski definition) is 5. The predicted octanol–water partition coefficient (Wildman–Crippen LogP) is -0.982. The van der Waals surface area contributed by atoms with Crippen molar-refractivity contribution >= 4 is 0 Å². The number of nitrogens with two attached hydrogens (primary N) is 1. The third-order valence-corrected chi connectivity index (χ3v) is 1.89. The van der Waals surface area contributed by atoms with Crippen LogP contribution in [0.3, 0.4) is 0 Å². The zero-order chi connectivity index (χ0) is 12.6. The van der Waals surface area contributed by atoms with Gasteiger partial charge in [0.05, 0.1) is 25.5 Å². The van der Waals surface area contributed by atoms with E-state index >= 15 is 0 Å². The summed E-state index contributed by atoms with van der Waals surface area (Å²) in [5.41, 5.74) is 6.04. The lowest BCUT2D eigenvalue weighted by atomic mass is 10.1.